The normalized spacial score (nSPS) is 13.2. The summed E-state index contributed by atoms with van der Waals surface area (Å²) in [4.78, 5) is 41.7. The third-order valence-electron chi connectivity index (χ3n) is 3.18. The van der Waals surface area contributed by atoms with Gasteiger partial charge in [-0.1, -0.05) is 17.2 Å². The zero-order valence-corrected chi connectivity index (χ0v) is 12.5. The van der Waals surface area contributed by atoms with Crippen molar-refractivity contribution >= 4 is 29.3 Å². The fourth-order valence-electron chi connectivity index (χ4n) is 2.10. The lowest BCUT2D eigenvalue weighted by Crippen LogP contribution is -2.32. The van der Waals surface area contributed by atoms with Crippen molar-refractivity contribution in [2.75, 3.05) is 0 Å². The van der Waals surface area contributed by atoms with Crippen LogP contribution >= 0.6 is 11.5 Å². The van der Waals surface area contributed by atoms with Crippen LogP contribution in [0.25, 0.3) is 10.8 Å². The number of carbonyl (C=O) groups excluding carboxylic acids is 3. The molecule has 1 aliphatic rings. The molecular formula is C14H6N4O5S. The second kappa shape index (κ2) is 5.35. The van der Waals surface area contributed by atoms with Gasteiger partial charge >= 0.3 is 11.9 Å². The smallest absolute Gasteiger partial charge is 0.410 e. The first-order valence-corrected chi connectivity index (χ1v) is 7.37. The maximum atomic E-state index is 12.1. The van der Waals surface area contributed by atoms with E-state index in [2.05, 4.69) is 14.6 Å². The van der Waals surface area contributed by atoms with Gasteiger partial charge in [-0.2, -0.15) is 0 Å². The summed E-state index contributed by atoms with van der Waals surface area (Å²) < 4.78 is 9.05. The SMILES string of the molecule is O=C(ON1C(=O)c2ccccc2C1=O)c1nnc(-c2ccns2)o1. The Bertz CT molecular complexity index is 930. The van der Waals surface area contributed by atoms with Gasteiger partial charge in [-0.15, -0.1) is 10.2 Å². The highest BCUT2D eigenvalue weighted by atomic mass is 32.1. The Morgan fingerprint density at radius 2 is 1.79 bits per heavy atom. The number of nitrogens with zero attached hydrogens (tertiary/aromatic N) is 4. The van der Waals surface area contributed by atoms with Crippen LogP contribution < -0.4 is 0 Å². The Morgan fingerprint density at radius 1 is 1.08 bits per heavy atom. The van der Waals surface area contributed by atoms with E-state index in [0.29, 0.717) is 9.94 Å². The molecule has 24 heavy (non-hydrogen) atoms. The largest absolute Gasteiger partial charge is 0.421 e. The van der Waals surface area contributed by atoms with Crippen molar-refractivity contribution in [3.63, 3.8) is 0 Å². The molecule has 3 heterocycles. The van der Waals surface area contributed by atoms with Gasteiger partial charge in [0, 0.05) is 6.20 Å². The summed E-state index contributed by atoms with van der Waals surface area (Å²) in [6, 6.07) is 7.79. The van der Waals surface area contributed by atoms with Crippen molar-refractivity contribution in [2.45, 2.75) is 0 Å². The van der Waals surface area contributed by atoms with Gasteiger partial charge in [0.05, 0.1) is 11.1 Å². The molecule has 0 saturated carbocycles. The van der Waals surface area contributed by atoms with E-state index in [1.807, 2.05) is 0 Å². The molecule has 1 aliphatic heterocycles. The molecule has 9 nitrogen and oxygen atoms in total. The van der Waals surface area contributed by atoms with Crippen LogP contribution in [0.4, 0.5) is 0 Å². The van der Waals surface area contributed by atoms with Gasteiger partial charge < -0.3 is 9.25 Å². The van der Waals surface area contributed by atoms with Gasteiger partial charge in [0.25, 0.3) is 17.7 Å². The van der Waals surface area contributed by atoms with E-state index in [0.717, 1.165) is 11.5 Å². The van der Waals surface area contributed by atoms with Crippen molar-refractivity contribution in [1.29, 1.82) is 0 Å². The molecule has 0 saturated heterocycles. The van der Waals surface area contributed by atoms with E-state index in [4.69, 9.17) is 9.25 Å². The number of imide groups is 1. The molecule has 2 aromatic heterocycles. The van der Waals surface area contributed by atoms with Crippen LogP contribution in [0.15, 0.2) is 40.9 Å². The van der Waals surface area contributed by atoms with Crippen LogP contribution in [0.3, 0.4) is 0 Å². The second-order valence-corrected chi connectivity index (χ2v) is 5.45. The van der Waals surface area contributed by atoms with E-state index in [-0.39, 0.29) is 17.0 Å². The van der Waals surface area contributed by atoms with E-state index < -0.39 is 23.7 Å². The first-order valence-electron chi connectivity index (χ1n) is 6.60. The highest BCUT2D eigenvalue weighted by molar-refractivity contribution is 7.09. The number of aromatic nitrogens is 3. The van der Waals surface area contributed by atoms with E-state index >= 15 is 0 Å². The predicted octanol–water partition coefficient (Wildman–Crippen LogP) is 1.56. The topological polar surface area (TPSA) is 115 Å². The summed E-state index contributed by atoms with van der Waals surface area (Å²) in [6.45, 7) is 0. The number of hydroxylamine groups is 2. The molecule has 0 radical (unpaired) electrons. The van der Waals surface area contributed by atoms with E-state index in [1.165, 1.54) is 12.1 Å². The van der Waals surface area contributed by atoms with Crippen LogP contribution in [-0.2, 0) is 4.84 Å². The molecule has 0 N–H and O–H groups in total. The molecule has 0 fully saturated rings. The summed E-state index contributed by atoms with van der Waals surface area (Å²) in [5.41, 5.74) is 0.317. The number of carbonyl (C=O) groups is 3. The number of rotatable bonds is 3. The van der Waals surface area contributed by atoms with Gasteiger partial charge in [-0.05, 0) is 29.7 Å². The molecule has 0 spiro atoms. The van der Waals surface area contributed by atoms with Gasteiger partial charge in [-0.3, -0.25) is 9.59 Å². The number of hydrogen-bond acceptors (Lipinski definition) is 9. The first kappa shape index (κ1) is 14.2. The average molecular weight is 342 g/mol. The molecule has 0 aliphatic carbocycles. The maximum absolute atomic E-state index is 12.1. The van der Waals surface area contributed by atoms with Crippen LogP contribution in [0, 0.1) is 0 Å². The third kappa shape index (κ3) is 2.16. The zero-order valence-electron chi connectivity index (χ0n) is 11.7. The predicted molar refractivity (Wildman–Crippen MR) is 77.8 cm³/mol. The third-order valence-corrected chi connectivity index (χ3v) is 3.91. The van der Waals surface area contributed by atoms with E-state index in [9.17, 15) is 14.4 Å². The second-order valence-electron chi connectivity index (χ2n) is 4.62. The van der Waals surface area contributed by atoms with Crippen LogP contribution in [0.1, 0.15) is 31.4 Å². The monoisotopic (exact) mass is 342 g/mol. The lowest BCUT2D eigenvalue weighted by molar-refractivity contribution is -0.0608. The van der Waals surface area contributed by atoms with Crippen LogP contribution in [0.2, 0.25) is 0 Å². The van der Waals surface area contributed by atoms with Gasteiger partial charge in [-0.25, -0.2) is 9.17 Å². The van der Waals surface area contributed by atoms with Crippen molar-refractivity contribution in [3.05, 3.63) is 53.5 Å². The number of fused-ring (bicyclic) bond motifs is 1. The summed E-state index contributed by atoms with van der Waals surface area (Å²) >= 11 is 1.11. The van der Waals surface area contributed by atoms with Crippen molar-refractivity contribution in [3.8, 4) is 10.8 Å². The van der Waals surface area contributed by atoms with Crippen molar-refractivity contribution in [2.24, 2.45) is 0 Å². The highest BCUT2D eigenvalue weighted by Gasteiger charge is 2.39. The lowest BCUT2D eigenvalue weighted by Gasteiger charge is -2.10. The van der Waals surface area contributed by atoms with Crippen LogP contribution in [-0.4, -0.2) is 37.4 Å². The zero-order chi connectivity index (χ0) is 16.7. The van der Waals surface area contributed by atoms with Crippen LogP contribution in [0.5, 0.6) is 0 Å². The average Bonchev–Trinajstić information content (AvgIpc) is 3.32. The Hall–Kier alpha value is -3.40. The Balaban J connectivity index is 1.55. The Kier molecular flexibility index (Phi) is 3.17. The number of hydrogen-bond donors (Lipinski definition) is 0. The summed E-state index contributed by atoms with van der Waals surface area (Å²) in [7, 11) is 0. The minimum atomic E-state index is -1.10. The standard InChI is InChI=1S/C14H6N4O5S/c19-12-7-3-1-2-4-8(7)13(20)18(12)23-14(21)11-17-16-10(22-11)9-5-6-15-24-9/h1-6H. The summed E-state index contributed by atoms with van der Waals surface area (Å²) in [5.74, 6) is -2.95. The highest BCUT2D eigenvalue weighted by Crippen LogP contribution is 2.24. The molecule has 118 valence electrons. The molecule has 0 bridgehead atoms. The lowest BCUT2D eigenvalue weighted by atomic mass is 10.1. The molecule has 4 rings (SSSR count). The van der Waals surface area contributed by atoms with E-state index in [1.54, 1.807) is 24.4 Å². The molecule has 1 aromatic carbocycles. The van der Waals surface area contributed by atoms with Gasteiger partial charge in [0.1, 0.15) is 4.88 Å². The Labute approximate surface area is 137 Å². The minimum Gasteiger partial charge on any atom is -0.410 e. The quantitative estimate of drug-likeness (QED) is 0.659. The van der Waals surface area contributed by atoms with Gasteiger partial charge in [0.2, 0.25) is 0 Å². The van der Waals surface area contributed by atoms with Crippen molar-refractivity contribution in [1.82, 2.24) is 19.6 Å². The molecule has 3 aromatic rings. The Morgan fingerprint density at radius 3 is 2.42 bits per heavy atom. The molecule has 2 amide bonds. The maximum Gasteiger partial charge on any atom is 0.421 e. The van der Waals surface area contributed by atoms with Gasteiger partial charge in [0.15, 0.2) is 0 Å². The fraction of sp³-hybridized carbons (Fsp3) is 0. The number of amides is 2. The summed E-state index contributed by atoms with van der Waals surface area (Å²) in [5, 5.41) is 7.63. The summed E-state index contributed by atoms with van der Waals surface area (Å²) in [6.07, 6.45) is 1.54. The molecule has 0 unspecified atom stereocenters. The first-order chi connectivity index (χ1) is 11.6. The fourth-order valence-corrected chi connectivity index (χ4v) is 2.62. The van der Waals surface area contributed by atoms with Crippen molar-refractivity contribution < 1.29 is 23.6 Å². The molecule has 0 atom stereocenters. The molecular weight excluding hydrogens is 336 g/mol. The minimum absolute atomic E-state index is 0.0896. The molecule has 10 heteroatoms. The number of benzene rings is 1.